The molecule has 2 aromatic rings. The van der Waals surface area contributed by atoms with E-state index in [1.54, 1.807) is 23.1 Å². The van der Waals surface area contributed by atoms with Gasteiger partial charge >= 0.3 is 0 Å². The summed E-state index contributed by atoms with van der Waals surface area (Å²) in [5, 5.41) is 2.80. The van der Waals surface area contributed by atoms with Crippen molar-refractivity contribution in [3.63, 3.8) is 0 Å². The molecule has 1 atom stereocenters. The number of anilines is 1. The van der Waals surface area contributed by atoms with Crippen LogP contribution in [0.3, 0.4) is 0 Å². The van der Waals surface area contributed by atoms with Crippen molar-refractivity contribution in [2.75, 3.05) is 18.1 Å². The quantitative estimate of drug-likeness (QED) is 0.908. The number of ether oxygens (including phenoxy) is 1. The summed E-state index contributed by atoms with van der Waals surface area (Å²) in [4.78, 5) is 25.7. The number of carbonyl (C=O) groups excluding carboxylic acids is 2. The molecule has 0 aromatic heterocycles. The molecule has 0 unspecified atom stereocenters. The van der Waals surface area contributed by atoms with Crippen LogP contribution < -0.4 is 15.0 Å². The summed E-state index contributed by atoms with van der Waals surface area (Å²) >= 11 is 0. The Bertz CT molecular complexity index is 776. The van der Waals surface area contributed by atoms with Crippen LogP contribution in [-0.4, -0.2) is 31.0 Å². The van der Waals surface area contributed by atoms with E-state index in [-0.39, 0.29) is 36.7 Å². The van der Waals surface area contributed by atoms with Crippen LogP contribution in [0.2, 0.25) is 0 Å². The number of rotatable bonds is 5. The second kappa shape index (κ2) is 7.34. The molecular formula is C19H19FN2O3. The maximum Gasteiger partial charge on any atom is 0.258 e. The van der Waals surface area contributed by atoms with Crippen molar-refractivity contribution in [1.82, 2.24) is 5.32 Å². The van der Waals surface area contributed by atoms with Gasteiger partial charge in [0.15, 0.2) is 6.61 Å². The topological polar surface area (TPSA) is 58.6 Å². The first-order valence-corrected chi connectivity index (χ1v) is 8.06. The molecule has 1 heterocycles. The van der Waals surface area contributed by atoms with Crippen LogP contribution in [0.4, 0.5) is 10.1 Å². The van der Waals surface area contributed by atoms with Crippen molar-refractivity contribution in [3.8, 4) is 5.75 Å². The van der Waals surface area contributed by atoms with Crippen molar-refractivity contribution >= 4 is 17.5 Å². The fourth-order valence-corrected chi connectivity index (χ4v) is 2.80. The van der Waals surface area contributed by atoms with Crippen LogP contribution in [-0.2, 0) is 9.59 Å². The lowest BCUT2D eigenvalue weighted by molar-refractivity contribution is -0.123. The van der Waals surface area contributed by atoms with E-state index < -0.39 is 0 Å². The van der Waals surface area contributed by atoms with E-state index in [4.69, 9.17) is 4.74 Å². The van der Waals surface area contributed by atoms with Gasteiger partial charge in [-0.05, 0) is 48.9 Å². The van der Waals surface area contributed by atoms with Gasteiger partial charge < -0.3 is 15.0 Å². The maximum absolute atomic E-state index is 13.0. The summed E-state index contributed by atoms with van der Waals surface area (Å²) in [6.07, 6.45) is 0.216. The van der Waals surface area contributed by atoms with E-state index >= 15 is 0 Å². The van der Waals surface area contributed by atoms with Gasteiger partial charge in [-0.1, -0.05) is 12.1 Å². The Labute approximate surface area is 145 Å². The highest BCUT2D eigenvalue weighted by Crippen LogP contribution is 2.21. The van der Waals surface area contributed by atoms with Crippen molar-refractivity contribution in [1.29, 1.82) is 0 Å². The fraction of sp³-hybridized carbons (Fsp3) is 0.263. The van der Waals surface area contributed by atoms with Crippen LogP contribution in [0.15, 0.2) is 48.5 Å². The molecule has 25 heavy (non-hydrogen) atoms. The predicted octanol–water partition coefficient (Wildman–Crippen LogP) is 2.43. The molecule has 1 aliphatic heterocycles. The highest BCUT2D eigenvalue weighted by molar-refractivity contribution is 5.96. The number of amides is 2. The molecule has 6 heteroatoms. The summed E-state index contributed by atoms with van der Waals surface area (Å²) in [7, 11) is 0. The number of nitrogens with one attached hydrogen (secondary N) is 1. The van der Waals surface area contributed by atoms with E-state index in [1.807, 2.05) is 25.1 Å². The minimum Gasteiger partial charge on any atom is -0.484 e. The zero-order valence-corrected chi connectivity index (χ0v) is 13.9. The molecule has 3 rings (SSSR count). The number of halogens is 1. The summed E-state index contributed by atoms with van der Waals surface area (Å²) < 4.78 is 18.5. The first-order chi connectivity index (χ1) is 12.0. The summed E-state index contributed by atoms with van der Waals surface area (Å²) in [6.45, 7) is 2.20. The third-order valence-corrected chi connectivity index (χ3v) is 3.99. The molecule has 2 aromatic carbocycles. The number of carbonyl (C=O) groups is 2. The van der Waals surface area contributed by atoms with Crippen LogP contribution in [0.25, 0.3) is 0 Å². The minimum absolute atomic E-state index is 0.100. The van der Waals surface area contributed by atoms with E-state index in [2.05, 4.69) is 5.32 Å². The zero-order chi connectivity index (χ0) is 17.8. The minimum atomic E-state index is -0.353. The van der Waals surface area contributed by atoms with Gasteiger partial charge in [0.1, 0.15) is 11.6 Å². The Morgan fingerprint density at radius 3 is 2.76 bits per heavy atom. The molecule has 1 aliphatic rings. The predicted molar refractivity (Wildman–Crippen MR) is 92.0 cm³/mol. The van der Waals surface area contributed by atoms with Crippen molar-refractivity contribution in [2.45, 2.75) is 19.4 Å². The third kappa shape index (κ3) is 4.35. The SMILES string of the molecule is Cc1cccc(OCC(=O)N[C@H]2CC(=O)N(c3ccc(F)cc3)C2)c1. The second-order valence-corrected chi connectivity index (χ2v) is 6.05. The van der Waals surface area contributed by atoms with Crippen LogP contribution in [0.5, 0.6) is 5.75 Å². The van der Waals surface area contributed by atoms with Crippen LogP contribution >= 0.6 is 0 Å². The normalized spacial score (nSPS) is 16.8. The van der Waals surface area contributed by atoms with Gasteiger partial charge in [0.05, 0.1) is 6.04 Å². The number of hydrogen-bond acceptors (Lipinski definition) is 3. The van der Waals surface area contributed by atoms with Crippen molar-refractivity contribution < 1.29 is 18.7 Å². The molecule has 2 amide bonds. The number of aryl methyl sites for hydroxylation is 1. The van der Waals surface area contributed by atoms with Gasteiger partial charge in [0.25, 0.3) is 5.91 Å². The smallest absolute Gasteiger partial charge is 0.258 e. The first kappa shape index (κ1) is 17.0. The van der Waals surface area contributed by atoms with Gasteiger partial charge in [-0.2, -0.15) is 0 Å². The molecule has 0 bridgehead atoms. The standard InChI is InChI=1S/C19H19FN2O3/c1-13-3-2-4-17(9-13)25-12-18(23)21-15-10-19(24)22(11-15)16-7-5-14(20)6-8-16/h2-9,15H,10-12H2,1H3,(H,21,23)/t15-/m0/s1. The molecule has 130 valence electrons. The Hall–Kier alpha value is -2.89. The molecule has 1 saturated heterocycles. The first-order valence-electron chi connectivity index (χ1n) is 8.06. The van der Waals surface area contributed by atoms with E-state index in [0.717, 1.165) is 5.56 Å². The Balaban J connectivity index is 1.52. The molecular weight excluding hydrogens is 323 g/mol. The summed E-state index contributed by atoms with van der Waals surface area (Å²) in [6, 6.07) is 12.9. The lowest BCUT2D eigenvalue weighted by atomic mass is 10.2. The maximum atomic E-state index is 13.0. The lowest BCUT2D eigenvalue weighted by Crippen LogP contribution is -2.39. The zero-order valence-electron chi connectivity index (χ0n) is 13.9. The van der Waals surface area contributed by atoms with Gasteiger partial charge in [-0.25, -0.2) is 4.39 Å². The largest absolute Gasteiger partial charge is 0.484 e. The molecule has 0 radical (unpaired) electrons. The molecule has 5 nitrogen and oxygen atoms in total. The lowest BCUT2D eigenvalue weighted by Gasteiger charge is -2.17. The molecule has 0 spiro atoms. The Morgan fingerprint density at radius 2 is 2.04 bits per heavy atom. The third-order valence-electron chi connectivity index (χ3n) is 3.99. The number of hydrogen-bond donors (Lipinski definition) is 1. The van der Waals surface area contributed by atoms with Crippen molar-refractivity contribution in [2.24, 2.45) is 0 Å². The Kier molecular flexibility index (Phi) is 4.97. The summed E-state index contributed by atoms with van der Waals surface area (Å²) in [5.74, 6) is -0.101. The summed E-state index contributed by atoms with van der Waals surface area (Å²) in [5.41, 5.74) is 1.67. The highest BCUT2D eigenvalue weighted by atomic mass is 19.1. The van der Waals surface area contributed by atoms with Gasteiger partial charge in [-0.3, -0.25) is 9.59 Å². The van der Waals surface area contributed by atoms with Crippen molar-refractivity contribution in [3.05, 3.63) is 59.9 Å². The van der Waals surface area contributed by atoms with Gasteiger partial charge in [0.2, 0.25) is 5.91 Å². The molecule has 1 N–H and O–H groups in total. The van der Waals surface area contributed by atoms with Gasteiger partial charge in [-0.15, -0.1) is 0 Å². The molecule has 0 aliphatic carbocycles. The average molecular weight is 342 g/mol. The average Bonchev–Trinajstić information content (AvgIpc) is 2.94. The van der Waals surface area contributed by atoms with E-state index in [1.165, 1.54) is 12.1 Å². The Morgan fingerprint density at radius 1 is 1.28 bits per heavy atom. The second-order valence-electron chi connectivity index (χ2n) is 6.05. The highest BCUT2D eigenvalue weighted by Gasteiger charge is 2.31. The molecule has 0 saturated carbocycles. The fourth-order valence-electron chi connectivity index (χ4n) is 2.80. The van der Waals surface area contributed by atoms with Crippen LogP contribution in [0.1, 0.15) is 12.0 Å². The van der Waals surface area contributed by atoms with E-state index in [9.17, 15) is 14.0 Å². The van der Waals surface area contributed by atoms with E-state index in [0.29, 0.717) is 18.0 Å². The monoisotopic (exact) mass is 342 g/mol. The van der Waals surface area contributed by atoms with Gasteiger partial charge in [0, 0.05) is 18.7 Å². The molecule has 1 fully saturated rings. The number of benzene rings is 2. The number of nitrogens with zero attached hydrogens (tertiary/aromatic N) is 1. The van der Waals surface area contributed by atoms with Crippen LogP contribution in [0, 0.1) is 12.7 Å².